The van der Waals surface area contributed by atoms with Crippen LogP contribution < -0.4 is 4.90 Å². The molecule has 6 heteroatoms. The molecule has 0 unspecified atom stereocenters. The first-order valence-electron chi connectivity index (χ1n) is 8.80. The van der Waals surface area contributed by atoms with Crippen LogP contribution in [0.25, 0.3) is 10.9 Å². The number of ether oxygens (including phenoxy) is 3. The smallest absolute Gasteiger partial charge is 0.341 e. The van der Waals surface area contributed by atoms with Gasteiger partial charge in [0.25, 0.3) is 0 Å². The van der Waals surface area contributed by atoms with Gasteiger partial charge in [0.15, 0.2) is 5.79 Å². The molecule has 0 bridgehead atoms. The van der Waals surface area contributed by atoms with E-state index in [2.05, 4.69) is 9.88 Å². The lowest BCUT2D eigenvalue weighted by Crippen LogP contribution is -2.45. The molecular formula is C19H22N2O4. The summed E-state index contributed by atoms with van der Waals surface area (Å²) in [6, 6.07) is 7.89. The van der Waals surface area contributed by atoms with Gasteiger partial charge in [-0.15, -0.1) is 0 Å². The zero-order valence-electron chi connectivity index (χ0n) is 14.4. The lowest BCUT2D eigenvalue weighted by atomic mass is 10.0. The number of carbonyl (C=O) groups is 1. The first-order chi connectivity index (χ1) is 12.2. The molecule has 1 aromatic heterocycles. The van der Waals surface area contributed by atoms with Gasteiger partial charge in [-0.1, -0.05) is 18.2 Å². The van der Waals surface area contributed by atoms with Gasteiger partial charge in [-0.3, -0.25) is 4.98 Å². The maximum Gasteiger partial charge on any atom is 0.341 e. The van der Waals surface area contributed by atoms with Crippen molar-refractivity contribution >= 4 is 22.6 Å². The number of pyridine rings is 1. The monoisotopic (exact) mass is 342 g/mol. The minimum Gasteiger partial charge on any atom is -0.462 e. The Hall–Kier alpha value is -2.18. The Morgan fingerprint density at radius 1 is 1.24 bits per heavy atom. The van der Waals surface area contributed by atoms with Gasteiger partial charge < -0.3 is 19.1 Å². The molecule has 2 aliphatic rings. The lowest BCUT2D eigenvalue weighted by molar-refractivity contribution is -0.169. The number of nitrogens with zero attached hydrogens (tertiary/aromatic N) is 2. The molecule has 2 saturated heterocycles. The summed E-state index contributed by atoms with van der Waals surface area (Å²) in [6.07, 6.45) is 3.19. The van der Waals surface area contributed by atoms with Crippen molar-refractivity contribution in [3.8, 4) is 0 Å². The summed E-state index contributed by atoms with van der Waals surface area (Å²) < 4.78 is 16.9. The van der Waals surface area contributed by atoms with Gasteiger partial charge in [0.1, 0.15) is 5.56 Å². The highest BCUT2D eigenvalue weighted by atomic mass is 16.7. The number of para-hydroxylation sites is 1. The number of rotatable bonds is 3. The summed E-state index contributed by atoms with van der Waals surface area (Å²) in [5.74, 6) is -0.770. The van der Waals surface area contributed by atoms with E-state index in [1.807, 2.05) is 31.2 Å². The largest absolute Gasteiger partial charge is 0.462 e. The Kier molecular flexibility index (Phi) is 4.31. The maximum absolute atomic E-state index is 12.5. The van der Waals surface area contributed by atoms with Crippen molar-refractivity contribution in [2.75, 3.05) is 37.8 Å². The van der Waals surface area contributed by atoms with Crippen LogP contribution in [-0.4, -0.2) is 49.7 Å². The Morgan fingerprint density at radius 3 is 2.68 bits per heavy atom. The zero-order valence-corrected chi connectivity index (χ0v) is 14.4. The van der Waals surface area contributed by atoms with Gasteiger partial charge in [-0.25, -0.2) is 4.79 Å². The zero-order chi connectivity index (χ0) is 17.3. The van der Waals surface area contributed by atoms with Crippen molar-refractivity contribution in [2.24, 2.45) is 0 Å². The highest BCUT2D eigenvalue weighted by molar-refractivity contribution is 6.05. The molecule has 6 nitrogen and oxygen atoms in total. The molecule has 1 aromatic carbocycles. The molecule has 3 heterocycles. The van der Waals surface area contributed by atoms with Crippen LogP contribution in [-0.2, 0) is 14.2 Å². The van der Waals surface area contributed by atoms with Crippen LogP contribution in [0.5, 0.6) is 0 Å². The average molecular weight is 342 g/mol. The number of piperidine rings is 1. The molecule has 0 radical (unpaired) electrons. The fourth-order valence-electron chi connectivity index (χ4n) is 3.68. The van der Waals surface area contributed by atoms with Crippen LogP contribution in [0.15, 0.2) is 30.5 Å². The second-order valence-electron chi connectivity index (χ2n) is 6.35. The quantitative estimate of drug-likeness (QED) is 0.800. The summed E-state index contributed by atoms with van der Waals surface area (Å²) in [4.78, 5) is 19.1. The molecule has 0 N–H and O–H groups in total. The third-order valence-corrected chi connectivity index (χ3v) is 4.90. The van der Waals surface area contributed by atoms with Crippen molar-refractivity contribution in [2.45, 2.75) is 25.6 Å². The average Bonchev–Trinajstić information content (AvgIpc) is 3.10. The number of hydrogen-bond acceptors (Lipinski definition) is 6. The number of benzene rings is 1. The maximum atomic E-state index is 12.5. The molecule has 2 aliphatic heterocycles. The third kappa shape index (κ3) is 2.96. The molecule has 4 rings (SSSR count). The van der Waals surface area contributed by atoms with Crippen LogP contribution >= 0.6 is 0 Å². The molecule has 25 heavy (non-hydrogen) atoms. The predicted octanol–water partition coefficient (Wildman–Crippen LogP) is 2.75. The fraction of sp³-hybridized carbons (Fsp3) is 0.474. The molecule has 1 spiro atoms. The van der Waals surface area contributed by atoms with Crippen molar-refractivity contribution in [3.63, 3.8) is 0 Å². The van der Waals surface area contributed by atoms with Crippen molar-refractivity contribution < 1.29 is 19.0 Å². The van der Waals surface area contributed by atoms with Gasteiger partial charge in [-0.05, 0) is 13.0 Å². The van der Waals surface area contributed by atoms with Crippen molar-refractivity contribution in [3.05, 3.63) is 36.0 Å². The number of hydrogen-bond donors (Lipinski definition) is 0. The molecule has 132 valence electrons. The fourth-order valence-corrected chi connectivity index (χ4v) is 3.68. The molecule has 0 amide bonds. The second kappa shape index (κ2) is 6.61. The Bertz CT molecular complexity index is 776. The summed E-state index contributed by atoms with van der Waals surface area (Å²) in [6.45, 7) is 5.00. The number of aromatic nitrogens is 1. The summed E-state index contributed by atoms with van der Waals surface area (Å²) in [5, 5.41) is 0.970. The highest BCUT2D eigenvalue weighted by Gasteiger charge is 2.40. The van der Waals surface area contributed by atoms with Gasteiger partial charge in [0, 0.05) is 37.5 Å². The van der Waals surface area contributed by atoms with E-state index in [1.54, 1.807) is 6.20 Å². The van der Waals surface area contributed by atoms with Crippen LogP contribution in [0.3, 0.4) is 0 Å². The van der Waals surface area contributed by atoms with Crippen LogP contribution in [0.1, 0.15) is 30.1 Å². The molecule has 0 atom stereocenters. The number of fused-ring (bicyclic) bond motifs is 1. The topological polar surface area (TPSA) is 60.9 Å². The first kappa shape index (κ1) is 16.3. The molecular weight excluding hydrogens is 320 g/mol. The summed E-state index contributed by atoms with van der Waals surface area (Å²) in [5.41, 5.74) is 2.29. The Morgan fingerprint density at radius 2 is 1.96 bits per heavy atom. The lowest BCUT2D eigenvalue weighted by Gasteiger charge is -2.39. The van der Waals surface area contributed by atoms with Crippen molar-refractivity contribution in [1.29, 1.82) is 0 Å². The van der Waals surface area contributed by atoms with Gasteiger partial charge >= 0.3 is 5.97 Å². The van der Waals surface area contributed by atoms with E-state index in [0.717, 1.165) is 42.5 Å². The van der Waals surface area contributed by atoms with E-state index in [9.17, 15) is 4.79 Å². The van der Waals surface area contributed by atoms with Crippen molar-refractivity contribution in [1.82, 2.24) is 4.98 Å². The van der Waals surface area contributed by atoms with E-state index in [1.165, 1.54) is 0 Å². The van der Waals surface area contributed by atoms with E-state index in [0.29, 0.717) is 25.4 Å². The highest BCUT2D eigenvalue weighted by Crippen LogP contribution is 2.37. The van der Waals surface area contributed by atoms with Crippen LogP contribution in [0.2, 0.25) is 0 Å². The Balaban J connectivity index is 1.71. The standard InChI is InChI=1S/C19H22N2O4/c1-2-23-18(22)15-13-20-16-6-4-3-5-14(16)17(15)21-9-7-19(8-10-21)24-11-12-25-19/h3-6,13H,2,7-12H2,1H3. The minimum atomic E-state index is -0.441. The van der Waals surface area contributed by atoms with E-state index >= 15 is 0 Å². The van der Waals surface area contributed by atoms with E-state index < -0.39 is 5.79 Å². The molecule has 2 fully saturated rings. The molecule has 2 aromatic rings. The SMILES string of the molecule is CCOC(=O)c1cnc2ccccc2c1N1CCC2(CC1)OCCO2. The molecule has 0 aliphatic carbocycles. The van der Waals surface area contributed by atoms with Gasteiger partial charge in [0.2, 0.25) is 0 Å². The van der Waals surface area contributed by atoms with Gasteiger partial charge in [0.05, 0.1) is 31.0 Å². The molecule has 0 saturated carbocycles. The van der Waals surface area contributed by atoms with Crippen LogP contribution in [0.4, 0.5) is 5.69 Å². The summed E-state index contributed by atoms with van der Waals surface area (Å²) in [7, 11) is 0. The van der Waals surface area contributed by atoms with Crippen LogP contribution in [0, 0.1) is 0 Å². The summed E-state index contributed by atoms with van der Waals surface area (Å²) >= 11 is 0. The van der Waals surface area contributed by atoms with E-state index in [4.69, 9.17) is 14.2 Å². The number of esters is 1. The second-order valence-corrected chi connectivity index (χ2v) is 6.35. The number of carbonyl (C=O) groups excluding carboxylic acids is 1. The predicted molar refractivity (Wildman–Crippen MR) is 93.8 cm³/mol. The minimum absolute atomic E-state index is 0.329. The third-order valence-electron chi connectivity index (χ3n) is 4.90. The first-order valence-corrected chi connectivity index (χ1v) is 8.80. The van der Waals surface area contributed by atoms with Gasteiger partial charge in [-0.2, -0.15) is 0 Å². The van der Waals surface area contributed by atoms with E-state index in [-0.39, 0.29) is 5.97 Å². The number of anilines is 1. The normalized spacial score (nSPS) is 19.5. The Labute approximate surface area is 146 Å².